The zero-order valence-corrected chi connectivity index (χ0v) is 18.6. The van der Waals surface area contributed by atoms with Gasteiger partial charge in [-0.25, -0.2) is 4.79 Å². The molecule has 0 unspecified atom stereocenters. The van der Waals surface area contributed by atoms with Crippen LogP contribution in [0.5, 0.6) is 11.6 Å². The average Bonchev–Trinajstić information content (AvgIpc) is 3.55. The van der Waals surface area contributed by atoms with Crippen molar-refractivity contribution in [3.8, 4) is 22.8 Å². The van der Waals surface area contributed by atoms with E-state index in [9.17, 15) is 14.7 Å². The Morgan fingerprint density at radius 2 is 1.80 bits per heavy atom. The van der Waals surface area contributed by atoms with Gasteiger partial charge in [-0.15, -0.1) is 0 Å². The molecule has 1 fully saturated rings. The van der Waals surface area contributed by atoms with Gasteiger partial charge in [0.2, 0.25) is 0 Å². The lowest BCUT2D eigenvalue weighted by atomic mass is 9.88. The number of fused-ring (bicyclic) bond motifs is 2. The van der Waals surface area contributed by atoms with Crippen molar-refractivity contribution in [2.24, 2.45) is 0 Å². The molecule has 0 bridgehead atoms. The van der Waals surface area contributed by atoms with Crippen molar-refractivity contribution in [3.63, 3.8) is 0 Å². The summed E-state index contributed by atoms with van der Waals surface area (Å²) in [6.07, 6.45) is 3.40. The third kappa shape index (κ3) is 3.28. The molecule has 0 saturated carbocycles. The summed E-state index contributed by atoms with van der Waals surface area (Å²) in [5.41, 5.74) is 1.70. The number of carbonyl (C=O) groups is 2. The van der Waals surface area contributed by atoms with Crippen molar-refractivity contribution < 1.29 is 24.0 Å². The number of ether oxygens (including phenoxy) is 1. The van der Waals surface area contributed by atoms with Crippen LogP contribution in [0.15, 0.2) is 77.6 Å². The molecule has 1 saturated heterocycles. The van der Waals surface area contributed by atoms with Crippen LogP contribution in [0.3, 0.4) is 0 Å². The van der Waals surface area contributed by atoms with Gasteiger partial charge >= 0.3 is 6.03 Å². The number of aromatic nitrogens is 2. The first-order chi connectivity index (χ1) is 17.0. The molecule has 174 valence electrons. The van der Waals surface area contributed by atoms with E-state index in [1.165, 1.54) is 0 Å². The van der Waals surface area contributed by atoms with E-state index >= 15 is 0 Å². The largest absolute Gasteiger partial charge is 0.497 e. The van der Waals surface area contributed by atoms with E-state index in [1.807, 2.05) is 36.4 Å². The minimum atomic E-state index is -1.40. The Kier molecular flexibility index (Phi) is 4.53. The van der Waals surface area contributed by atoms with Gasteiger partial charge in [0.25, 0.3) is 5.91 Å². The maximum absolute atomic E-state index is 13.1. The lowest BCUT2D eigenvalue weighted by Gasteiger charge is -2.27. The highest BCUT2D eigenvalue weighted by Gasteiger charge is 2.48. The standard InChI is InChI=1S/C26H20N4O5/c1-34-20-9-6-18-13-30(23(31)21(18)11-20)14-26(24(32)28-25(33)29-26)19-7-4-15(5-8-19)16-2-3-17-12-27-35-22(17)10-16/h2-13,31H,14H2,1H3,(H2,28,29,32,33)/t26-/m0/s1. The van der Waals surface area contributed by atoms with Crippen LogP contribution >= 0.6 is 0 Å². The molecule has 5 aromatic rings. The second-order valence-electron chi connectivity index (χ2n) is 8.50. The minimum absolute atomic E-state index is 0.00320. The smallest absolute Gasteiger partial charge is 0.322 e. The molecule has 0 spiro atoms. The van der Waals surface area contributed by atoms with Gasteiger partial charge in [0.1, 0.15) is 5.75 Å². The van der Waals surface area contributed by atoms with Crippen LogP contribution in [-0.4, -0.2) is 33.9 Å². The van der Waals surface area contributed by atoms with Crippen LogP contribution in [0.4, 0.5) is 4.79 Å². The van der Waals surface area contributed by atoms with Crippen molar-refractivity contribution in [1.82, 2.24) is 20.4 Å². The third-order valence-corrected chi connectivity index (χ3v) is 6.48. The number of aromatic hydroxyl groups is 1. The topological polar surface area (TPSA) is 119 Å². The Hall–Kier alpha value is -4.79. The first-order valence-corrected chi connectivity index (χ1v) is 10.9. The minimum Gasteiger partial charge on any atom is -0.497 e. The number of methoxy groups -OCH3 is 1. The Morgan fingerprint density at radius 1 is 1.03 bits per heavy atom. The number of imide groups is 1. The van der Waals surface area contributed by atoms with Gasteiger partial charge in [0, 0.05) is 22.4 Å². The summed E-state index contributed by atoms with van der Waals surface area (Å²) in [5.74, 6) is 0.0866. The summed E-state index contributed by atoms with van der Waals surface area (Å²) in [6.45, 7) is -0.00320. The molecule has 1 atom stereocenters. The van der Waals surface area contributed by atoms with Crippen molar-refractivity contribution in [2.75, 3.05) is 7.11 Å². The average molecular weight is 468 g/mol. The number of nitrogens with zero attached hydrogens (tertiary/aromatic N) is 2. The van der Waals surface area contributed by atoms with Gasteiger partial charge in [-0.1, -0.05) is 35.5 Å². The number of nitrogens with one attached hydrogen (secondary N) is 2. The molecule has 1 aliphatic heterocycles. The van der Waals surface area contributed by atoms with E-state index in [-0.39, 0.29) is 12.4 Å². The molecule has 9 heteroatoms. The van der Waals surface area contributed by atoms with Gasteiger partial charge in [0.05, 0.1) is 19.9 Å². The Bertz CT molecular complexity index is 1620. The summed E-state index contributed by atoms with van der Waals surface area (Å²) < 4.78 is 12.1. The van der Waals surface area contributed by atoms with Gasteiger partial charge < -0.3 is 24.3 Å². The number of hydrogen-bond donors (Lipinski definition) is 3. The number of benzene rings is 3. The third-order valence-electron chi connectivity index (χ3n) is 6.48. The maximum atomic E-state index is 13.1. The first kappa shape index (κ1) is 20.8. The van der Waals surface area contributed by atoms with Crippen LogP contribution in [0, 0.1) is 0 Å². The molecule has 3 N–H and O–H groups in total. The molecule has 3 amide bonds. The van der Waals surface area contributed by atoms with Crippen LogP contribution in [0.25, 0.3) is 32.9 Å². The van der Waals surface area contributed by atoms with Crippen LogP contribution < -0.4 is 15.4 Å². The molecule has 1 aliphatic rings. The van der Waals surface area contributed by atoms with E-state index in [2.05, 4.69) is 15.8 Å². The van der Waals surface area contributed by atoms with Crippen molar-refractivity contribution >= 4 is 33.7 Å². The molecular formula is C26H20N4O5. The monoisotopic (exact) mass is 468 g/mol. The van der Waals surface area contributed by atoms with Crippen molar-refractivity contribution in [2.45, 2.75) is 12.1 Å². The Morgan fingerprint density at radius 3 is 2.54 bits per heavy atom. The zero-order valence-electron chi connectivity index (χ0n) is 18.6. The summed E-state index contributed by atoms with van der Waals surface area (Å²) >= 11 is 0. The van der Waals surface area contributed by atoms with E-state index in [0.717, 1.165) is 21.9 Å². The van der Waals surface area contributed by atoms with Crippen molar-refractivity contribution in [1.29, 1.82) is 0 Å². The fraction of sp³-hybridized carbons (Fsp3) is 0.115. The fourth-order valence-electron chi connectivity index (χ4n) is 4.61. The first-order valence-electron chi connectivity index (χ1n) is 10.9. The predicted molar refractivity (Wildman–Crippen MR) is 128 cm³/mol. The lowest BCUT2D eigenvalue weighted by molar-refractivity contribution is -0.124. The molecular weight excluding hydrogens is 448 g/mol. The van der Waals surface area contributed by atoms with E-state index in [1.54, 1.807) is 48.3 Å². The van der Waals surface area contributed by atoms with Crippen LogP contribution in [0.1, 0.15) is 5.56 Å². The fourth-order valence-corrected chi connectivity index (χ4v) is 4.61. The molecule has 0 radical (unpaired) electrons. The maximum Gasteiger partial charge on any atom is 0.322 e. The van der Waals surface area contributed by atoms with Gasteiger partial charge in [0.15, 0.2) is 17.0 Å². The molecule has 35 heavy (non-hydrogen) atoms. The van der Waals surface area contributed by atoms with E-state index < -0.39 is 17.5 Å². The SMILES string of the molecule is COc1ccc2cn(C[C@@]3(c4ccc(-c5ccc6cnoc6c5)cc4)NC(=O)NC3=O)c(O)c2c1. The molecule has 6 rings (SSSR count). The predicted octanol–water partition coefficient (Wildman–Crippen LogP) is 3.90. The van der Waals surface area contributed by atoms with Crippen LogP contribution in [0.2, 0.25) is 0 Å². The number of rotatable bonds is 5. The second kappa shape index (κ2) is 7.63. The molecule has 3 aromatic carbocycles. The molecule has 2 aromatic heterocycles. The summed E-state index contributed by atoms with van der Waals surface area (Å²) in [4.78, 5) is 25.3. The highest BCUT2D eigenvalue weighted by Crippen LogP contribution is 2.35. The lowest BCUT2D eigenvalue weighted by Crippen LogP contribution is -2.47. The number of carbonyl (C=O) groups excluding carboxylic acids is 2. The van der Waals surface area contributed by atoms with E-state index in [4.69, 9.17) is 9.26 Å². The van der Waals surface area contributed by atoms with Gasteiger partial charge in [-0.2, -0.15) is 0 Å². The molecule has 9 nitrogen and oxygen atoms in total. The Labute approximate surface area is 198 Å². The highest BCUT2D eigenvalue weighted by molar-refractivity contribution is 6.07. The van der Waals surface area contributed by atoms with Gasteiger partial charge in [-0.3, -0.25) is 10.1 Å². The summed E-state index contributed by atoms with van der Waals surface area (Å²) in [5, 5.41) is 22.1. The van der Waals surface area contributed by atoms with Gasteiger partial charge in [-0.05, 0) is 47.0 Å². The van der Waals surface area contributed by atoms with Crippen molar-refractivity contribution in [3.05, 3.63) is 78.6 Å². The molecule has 0 aliphatic carbocycles. The number of urea groups is 1. The quantitative estimate of drug-likeness (QED) is 0.337. The zero-order chi connectivity index (χ0) is 24.2. The second-order valence-corrected chi connectivity index (χ2v) is 8.50. The summed E-state index contributed by atoms with van der Waals surface area (Å²) in [6, 6.07) is 17.9. The number of amides is 3. The normalized spacial score (nSPS) is 17.6. The molecule has 3 heterocycles. The van der Waals surface area contributed by atoms with E-state index in [0.29, 0.717) is 22.3 Å². The summed E-state index contributed by atoms with van der Waals surface area (Å²) in [7, 11) is 1.55. The Balaban J connectivity index is 1.40. The highest BCUT2D eigenvalue weighted by atomic mass is 16.5. The van der Waals surface area contributed by atoms with Crippen LogP contribution in [-0.2, 0) is 16.9 Å². The number of hydrogen-bond acceptors (Lipinski definition) is 6.